The van der Waals surface area contributed by atoms with Crippen molar-refractivity contribution in [3.63, 3.8) is 0 Å². The first-order valence-corrected chi connectivity index (χ1v) is 10.1. The summed E-state index contributed by atoms with van der Waals surface area (Å²) in [6.45, 7) is 2.12. The van der Waals surface area contributed by atoms with Crippen LogP contribution in [0.3, 0.4) is 0 Å². The van der Waals surface area contributed by atoms with Crippen molar-refractivity contribution >= 4 is 15.9 Å². The van der Waals surface area contributed by atoms with Crippen LogP contribution >= 0.6 is 0 Å². The Morgan fingerprint density at radius 2 is 1.88 bits per heavy atom. The van der Waals surface area contributed by atoms with E-state index in [0.717, 1.165) is 21.7 Å². The fourth-order valence-electron chi connectivity index (χ4n) is 2.57. The largest absolute Gasteiger partial charge is 0.354 e. The van der Waals surface area contributed by atoms with Crippen LogP contribution in [0.5, 0.6) is 0 Å². The highest BCUT2D eigenvalue weighted by atomic mass is 32.2. The minimum absolute atomic E-state index is 0.0702. The van der Waals surface area contributed by atoms with Crippen molar-refractivity contribution < 1.29 is 17.6 Å². The molecule has 0 aliphatic carbocycles. The van der Waals surface area contributed by atoms with Crippen molar-refractivity contribution in [2.24, 2.45) is 0 Å². The number of rotatable bonds is 8. The zero-order valence-electron chi connectivity index (χ0n) is 14.9. The Bertz CT molecular complexity index is 869. The van der Waals surface area contributed by atoms with Crippen molar-refractivity contribution in [3.05, 3.63) is 71.0 Å². The van der Waals surface area contributed by atoms with E-state index < -0.39 is 15.8 Å². The van der Waals surface area contributed by atoms with E-state index in [1.165, 1.54) is 6.07 Å². The molecule has 1 N–H and O–H groups in total. The number of amides is 1. The Labute approximate surface area is 153 Å². The number of aryl methyl sites for hydroxylation is 1. The third-order valence-electron chi connectivity index (χ3n) is 3.90. The van der Waals surface area contributed by atoms with Crippen molar-refractivity contribution in [1.82, 2.24) is 9.62 Å². The molecule has 140 valence electrons. The SMILES string of the molecule is Cc1cccc(CC(=O)NCCN(Cc2ccccc2F)S(C)(=O)=O)c1. The molecule has 0 saturated heterocycles. The number of benzene rings is 2. The normalized spacial score (nSPS) is 11.5. The van der Waals surface area contributed by atoms with Crippen LogP contribution in [0, 0.1) is 12.7 Å². The van der Waals surface area contributed by atoms with Gasteiger partial charge in [-0.3, -0.25) is 4.79 Å². The fourth-order valence-corrected chi connectivity index (χ4v) is 3.37. The summed E-state index contributed by atoms with van der Waals surface area (Å²) in [4.78, 5) is 12.0. The first-order chi connectivity index (χ1) is 12.3. The molecule has 26 heavy (non-hydrogen) atoms. The predicted octanol–water partition coefficient (Wildman–Crippen LogP) is 2.25. The Kier molecular flexibility index (Phi) is 6.88. The molecule has 0 heterocycles. The second-order valence-electron chi connectivity index (χ2n) is 6.20. The van der Waals surface area contributed by atoms with E-state index in [9.17, 15) is 17.6 Å². The van der Waals surface area contributed by atoms with Gasteiger partial charge in [0.05, 0.1) is 12.7 Å². The number of hydrogen-bond donors (Lipinski definition) is 1. The van der Waals surface area contributed by atoms with Gasteiger partial charge in [0, 0.05) is 25.2 Å². The van der Waals surface area contributed by atoms with Gasteiger partial charge in [-0.25, -0.2) is 12.8 Å². The minimum Gasteiger partial charge on any atom is -0.354 e. The van der Waals surface area contributed by atoms with Crippen LogP contribution in [0.25, 0.3) is 0 Å². The number of carbonyl (C=O) groups excluding carboxylic acids is 1. The van der Waals surface area contributed by atoms with Crippen LogP contribution in [0.2, 0.25) is 0 Å². The van der Waals surface area contributed by atoms with E-state index in [0.29, 0.717) is 5.56 Å². The molecule has 0 spiro atoms. The van der Waals surface area contributed by atoms with Crippen LogP contribution < -0.4 is 5.32 Å². The maximum atomic E-state index is 13.8. The Hall–Kier alpha value is -2.25. The summed E-state index contributed by atoms with van der Waals surface area (Å²) in [6.07, 6.45) is 1.30. The molecule has 0 aliphatic rings. The van der Waals surface area contributed by atoms with E-state index in [1.54, 1.807) is 18.2 Å². The fraction of sp³-hybridized carbons (Fsp3) is 0.316. The van der Waals surface area contributed by atoms with Gasteiger partial charge in [0.15, 0.2) is 0 Å². The summed E-state index contributed by atoms with van der Waals surface area (Å²) in [6, 6.07) is 13.7. The molecule has 0 aromatic heterocycles. The highest BCUT2D eigenvalue weighted by Gasteiger charge is 2.18. The lowest BCUT2D eigenvalue weighted by atomic mass is 10.1. The lowest BCUT2D eigenvalue weighted by molar-refractivity contribution is -0.120. The number of carbonyl (C=O) groups is 1. The molecule has 2 aromatic carbocycles. The predicted molar refractivity (Wildman–Crippen MR) is 99.5 cm³/mol. The van der Waals surface area contributed by atoms with E-state index >= 15 is 0 Å². The molecule has 0 fully saturated rings. The summed E-state index contributed by atoms with van der Waals surface area (Å²) < 4.78 is 38.8. The molecule has 0 saturated carbocycles. The number of hydrogen-bond acceptors (Lipinski definition) is 3. The van der Waals surface area contributed by atoms with Crippen molar-refractivity contribution in [2.75, 3.05) is 19.3 Å². The smallest absolute Gasteiger partial charge is 0.224 e. The second-order valence-corrected chi connectivity index (χ2v) is 8.19. The molecule has 2 aromatic rings. The topological polar surface area (TPSA) is 66.5 Å². The Balaban J connectivity index is 1.91. The monoisotopic (exact) mass is 378 g/mol. The Morgan fingerprint density at radius 3 is 2.54 bits per heavy atom. The second kappa shape index (κ2) is 8.91. The quantitative estimate of drug-likeness (QED) is 0.766. The molecular formula is C19H23FN2O3S. The molecule has 7 heteroatoms. The zero-order valence-corrected chi connectivity index (χ0v) is 15.7. The summed E-state index contributed by atoms with van der Waals surface area (Å²) in [5.74, 6) is -0.639. The van der Waals surface area contributed by atoms with Gasteiger partial charge in [-0.15, -0.1) is 0 Å². The number of nitrogens with one attached hydrogen (secondary N) is 1. The van der Waals surface area contributed by atoms with Gasteiger partial charge in [0.2, 0.25) is 15.9 Å². The maximum absolute atomic E-state index is 13.8. The standard InChI is InChI=1S/C19H23FN2O3S/c1-15-6-5-7-16(12-15)13-19(23)21-10-11-22(26(2,24)25)14-17-8-3-4-9-18(17)20/h3-9,12H,10-11,13-14H2,1-2H3,(H,21,23). The Morgan fingerprint density at radius 1 is 1.15 bits per heavy atom. The summed E-state index contributed by atoms with van der Waals surface area (Å²) >= 11 is 0. The van der Waals surface area contributed by atoms with E-state index in [-0.39, 0.29) is 32.0 Å². The summed E-state index contributed by atoms with van der Waals surface area (Å²) in [5, 5.41) is 2.71. The van der Waals surface area contributed by atoms with Crippen LogP contribution in [0.4, 0.5) is 4.39 Å². The van der Waals surface area contributed by atoms with Gasteiger partial charge in [0.25, 0.3) is 0 Å². The molecule has 0 radical (unpaired) electrons. The van der Waals surface area contributed by atoms with Crippen molar-refractivity contribution in [1.29, 1.82) is 0 Å². The lowest BCUT2D eigenvalue weighted by Crippen LogP contribution is -2.38. The number of sulfonamides is 1. The average Bonchev–Trinajstić information content (AvgIpc) is 2.54. The van der Waals surface area contributed by atoms with Crippen molar-refractivity contribution in [2.45, 2.75) is 19.9 Å². The number of halogens is 1. The van der Waals surface area contributed by atoms with Crippen LogP contribution in [0.15, 0.2) is 48.5 Å². The molecule has 0 aliphatic heterocycles. The lowest BCUT2D eigenvalue weighted by Gasteiger charge is -2.20. The van der Waals surface area contributed by atoms with Crippen LogP contribution in [-0.4, -0.2) is 38.0 Å². The van der Waals surface area contributed by atoms with Crippen LogP contribution in [0.1, 0.15) is 16.7 Å². The third-order valence-corrected chi connectivity index (χ3v) is 5.15. The zero-order chi connectivity index (χ0) is 19.2. The van der Waals surface area contributed by atoms with Gasteiger partial charge < -0.3 is 5.32 Å². The van der Waals surface area contributed by atoms with E-state index in [2.05, 4.69) is 5.32 Å². The molecular weight excluding hydrogens is 355 g/mol. The molecule has 0 atom stereocenters. The van der Waals surface area contributed by atoms with Crippen LogP contribution in [-0.2, 0) is 27.8 Å². The molecule has 0 unspecified atom stereocenters. The average molecular weight is 378 g/mol. The maximum Gasteiger partial charge on any atom is 0.224 e. The molecule has 0 bridgehead atoms. The molecule has 5 nitrogen and oxygen atoms in total. The van der Waals surface area contributed by atoms with E-state index in [4.69, 9.17) is 0 Å². The van der Waals surface area contributed by atoms with E-state index in [1.807, 2.05) is 31.2 Å². The summed E-state index contributed by atoms with van der Waals surface area (Å²) in [7, 11) is -3.53. The highest BCUT2D eigenvalue weighted by molar-refractivity contribution is 7.88. The van der Waals surface area contributed by atoms with Gasteiger partial charge in [0.1, 0.15) is 5.82 Å². The van der Waals surface area contributed by atoms with Gasteiger partial charge in [-0.05, 0) is 18.6 Å². The van der Waals surface area contributed by atoms with Crippen molar-refractivity contribution in [3.8, 4) is 0 Å². The first kappa shape index (κ1) is 20.1. The minimum atomic E-state index is -3.53. The first-order valence-electron chi connectivity index (χ1n) is 8.26. The van der Waals surface area contributed by atoms with Gasteiger partial charge in [-0.2, -0.15) is 4.31 Å². The van der Waals surface area contributed by atoms with Gasteiger partial charge in [-0.1, -0.05) is 48.0 Å². The van der Waals surface area contributed by atoms with Gasteiger partial charge >= 0.3 is 0 Å². The third kappa shape index (κ3) is 6.24. The molecule has 1 amide bonds. The highest BCUT2D eigenvalue weighted by Crippen LogP contribution is 2.12. The number of nitrogens with zero attached hydrogens (tertiary/aromatic N) is 1. The molecule has 2 rings (SSSR count). The summed E-state index contributed by atoms with van der Waals surface area (Å²) in [5.41, 5.74) is 2.27.